The standard InChI is InChI=1S/C29H35Cl2F2NO6S/c1-6-20(30)19(21(31)7-2)15-23(38-26(35)25-34(12-13-41-25)28(36)40-29(3,4)5)18-10-11-22(39-27(32)33)24(14-18)37-16-17-8-9-17/h6-7,10-11,14,17,23,25,27H,1,8-9,12-13,15-16H2,2-5H3/b20-19+,21-7+/t23-,25-/m0/s1. The molecule has 1 aromatic rings. The van der Waals surface area contributed by atoms with Gasteiger partial charge < -0.3 is 18.9 Å². The number of ether oxygens (including phenoxy) is 4. The van der Waals surface area contributed by atoms with E-state index in [2.05, 4.69) is 11.3 Å². The monoisotopic (exact) mass is 633 g/mol. The molecule has 1 amide bonds. The van der Waals surface area contributed by atoms with Crippen LogP contribution in [-0.4, -0.2) is 53.5 Å². The highest BCUT2D eigenvalue weighted by molar-refractivity contribution is 8.00. The second-order valence-corrected chi connectivity index (χ2v) is 12.5. The van der Waals surface area contributed by atoms with Gasteiger partial charge in [-0.3, -0.25) is 4.90 Å². The first-order valence-electron chi connectivity index (χ1n) is 13.2. The molecular formula is C29H35Cl2F2NO6S. The highest BCUT2D eigenvalue weighted by Gasteiger charge is 2.40. The number of carbonyl (C=O) groups is 2. The molecule has 226 valence electrons. The van der Waals surface area contributed by atoms with Gasteiger partial charge >= 0.3 is 18.7 Å². The molecule has 3 rings (SSSR count). The van der Waals surface area contributed by atoms with E-state index in [4.69, 9.17) is 37.4 Å². The van der Waals surface area contributed by atoms with Crippen molar-refractivity contribution in [3.05, 3.63) is 58.1 Å². The molecule has 7 nitrogen and oxygen atoms in total. The van der Waals surface area contributed by atoms with Gasteiger partial charge in [0.1, 0.15) is 11.7 Å². The molecule has 0 N–H and O–H groups in total. The minimum absolute atomic E-state index is 0.0285. The maximum Gasteiger partial charge on any atom is 0.411 e. The average Bonchev–Trinajstić information content (AvgIpc) is 3.60. The number of thioether (sulfide) groups is 1. The molecule has 41 heavy (non-hydrogen) atoms. The Kier molecular flexibility index (Phi) is 11.8. The summed E-state index contributed by atoms with van der Waals surface area (Å²) in [4.78, 5) is 27.6. The van der Waals surface area contributed by atoms with Crippen molar-refractivity contribution in [3.63, 3.8) is 0 Å². The highest BCUT2D eigenvalue weighted by atomic mass is 35.5. The largest absolute Gasteiger partial charge is 0.489 e. The van der Waals surface area contributed by atoms with Crippen molar-refractivity contribution in [1.82, 2.24) is 4.90 Å². The fourth-order valence-corrected chi connectivity index (χ4v) is 5.41. The Balaban J connectivity index is 1.96. The molecule has 0 radical (unpaired) electrons. The maximum absolute atomic E-state index is 13.5. The number of halogens is 4. The molecular weight excluding hydrogens is 599 g/mol. The number of allylic oxidation sites excluding steroid dienone is 4. The zero-order valence-corrected chi connectivity index (χ0v) is 25.8. The Labute approximate surface area is 253 Å². The molecule has 12 heteroatoms. The van der Waals surface area contributed by atoms with Gasteiger partial charge in [-0.2, -0.15) is 8.78 Å². The van der Waals surface area contributed by atoms with Gasteiger partial charge in [0.15, 0.2) is 16.9 Å². The van der Waals surface area contributed by atoms with E-state index in [-0.39, 0.29) is 23.0 Å². The first-order valence-corrected chi connectivity index (χ1v) is 15.0. The first-order chi connectivity index (χ1) is 19.3. The van der Waals surface area contributed by atoms with Gasteiger partial charge in [-0.1, -0.05) is 48.0 Å². The Morgan fingerprint density at radius 3 is 2.51 bits per heavy atom. The quantitative estimate of drug-likeness (QED) is 0.170. The first kappa shape index (κ1) is 33.1. The SMILES string of the molecule is C=C/C(Cl)=C(C[C@H](OC(=O)[C@@H]1SCCN1C(=O)OC(C)(C)C)c1ccc(OC(F)F)c(OCC2CC2)c1)\C(Cl)=C/C. The number of rotatable bonds is 12. The third-order valence-corrected chi connectivity index (χ3v) is 8.11. The lowest BCUT2D eigenvalue weighted by Gasteiger charge is -2.28. The van der Waals surface area contributed by atoms with Crippen LogP contribution in [0.5, 0.6) is 11.5 Å². The average molecular weight is 635 g/mol. The summed E-state index contributed by atoms with van der Waals surface area (Å²) in [5.41, 5.74) is 0.147. The van der Waals surface area contributed by atoms with E-state index in [1.54, 1.807) is 33.8 Å². The molecule has 2 aliphatic rings. The Hall–Kier alpha value is -2.43. The summed E-state index contributed by atoms with van der Waals surface area (Å²) in [6.45, 7) is 8.25. The third-order valence-electron chi connectivity index (χ3n) is 6.10. The molecule has 1 heterocycles. The molecule has 1 saturated carbocycles. The molecule has 0 unspecified atom stereocenters. The number of nitrogens with zero attached hydrogens (tertiary/aromatic N) is 1. The number of hydrogen-bond donors (Lipinski definition) is 0. The van der Waals surface area contributed by atoms with Gasteiger partial charge in [0.25, 0.3) is 0 Å². The van der Waals surface area contributed by atoms with E-state index in [9.17, 15) is 18.4 Å². The van der Waals surface area contributed by atoms with E-state index >= 15 is 0 Å². The van der Waals surface area contributed by atoms with Crippen molar-refractivity contribution in [2.24, 2.45) is 5.92 Å². The minimum Gasteiger partial charge on any atom is -0.489 e. The molecule has 0 spiro atoms. The summed E-state index contributed by atoms with van der Waals surface area (Å²) >= 11 is 14.1. The van der Waals surface area contributed by atoms with Crippen LogP contribution in [0.1, 0.15) is 58.6 Å². The molecule has 2 fully saturated rings. The van der Waals surface area contributed by atoms with Crippen LogP contribution < -0.4 is 9.47 Å². The van der Waals surface area contributed by atoms with Gasteiger partial charge in [0.05, 0.1) is 6.61 Å². The van der Waals surface area contributed by atoms with Gasteiger partial charge in [-0.25, -0.2) is 9.59 Å². The fourth-order valence-electron chi connectivity index (χ4n) is 3.91. The van der Waals surface area contributed by atoms with Crippen molar-refractivity contribution in [2.45, 2.75) is 70.6 Å². The summed E-state index contributed by atoms with van der Waals surface area (Å²) < 4.78 is 48.2. The van der Waals surface area contributed by atoms with Gasteiger partial charge in [-0.05, 0) is 69.7 Å². The topological polar surface area (TPSA) is 74.3 Å². The molecule has 1 aliphatic carbocycles. The Morgan fingerprint density at radius 2 is 1.93 bits per heavy atom. The summed E-state index contributed by atoms with van der Waals surface area (Å²) in [5.74, 6) is 0.143. The third kappa shape index (κ3) is 9.82. The zero-order chi connectivity index (χ0) is 30.3. The summed E-state index contributed by atoms with van der Waals surface area (Å²) in [6.07, 6.45) is 3.47. The van der Waals surface area contributed by atoms with Crippen molar-refractivity contribution >= 4 is 47.0 Å². The number of alkyl halides is 2. The van der Waals surface area contributed by atoms with Gasteiger partial charge in [0.2, 0.25) is 0 Å². The number of benzene rings is 1. The number of esters is 1. The highest BCUT2D eigenvalue weighted by Crippen LogP contribution is 2.40. The summed E-state index contributed by atoms with van der Waals surface area (Å²) in [7, 11) is 0. The predicted octanol–water partition coefficient (Wildman–Crippen LogP) is 8.18. The molecule has 0 bridgehead atoms. The normalized spacial score (nSPS) is 19.0. The van der Waals surface area contributed by atoms with E-state index in [0.717, 1.165) is 12.8 Å². The lowest BCUT2D eigenvalue weighted by molar-refractivity contribution is -0.151. The van der Waals surface area contributed by atoms with E-state index in [1.807, 2.05) is 0 Å². The minimum atomic E-state index is -3.05. The molecule has 0 aromatic heterocycles. The maximum atomic E-state index is 13.5. The second kappa shape index (κ2) is 14.6. The Morgan fingerprint density at radius 1 is 1.22 bits per heavy atom. The molecule has 1 saturated heterocycles. The molecule has 1 aliphatic heterocycles. The molecule has 2 atom stereocenters. The van der Waals surface area contributed by atoms with Crippen LogP contribution in [0.4, 0.5) is 13.6 Å². The lowest BCUT2D eigenvalue weighted by Crippen LogP contribution is -2.43. The van der Waals surface area contributed by atoms with E-state index in [0.29, 0.717) is 41.0 Å². The zero-order valence-electron chi connectivity index (χ0n) is 23.5. The number of hydrogen-bond acceptors (Lipinski definition) is 7. The van der Waals surface area contributed by atoms with Crippen LogP contribution >= 0.6 is 35.0 Å². The summed E-state index contributed by atoms with van der Waals surface area (Å²) in [6, 6.07) is 4.36. The smallest absolute Gasteiger partial charge is 0.411 e. The second-order valence-electron chi connectivity index (χ2n) is 10.5. The van der Waals surface area contributed by atoms with Crippen LogP contribution in [0.3, 0.4) is 0 Å². The van der Waals surface area contributed by atoms with Crippen LogP contribution in [0.15, 0.2) is 52.6 Å². The fraction of sp³-hybridized carbons (Fsp3) is 0.517. The summed E-state index contributed by atoms with van der Waals surface area (Å²) in [5, 5.41) is -0.370. The van der Waals surface area contributed by atoms with Crippen LogP contribution in [0, 0.1) is 5.92 Å². The van der Waals surface area contributed by atoms with Crippen LogP contribution in [0.25, 0.3) is 0 Å². The van der Waals surface area contributed by atoms with Crippen LogP contribution in [0.2, 0.25) is 0 Å². The van der Waals surface area contributed by atoms with Crippen molar-refractivity contribution in [3.8, 4) is 11.5 Å². The van der Waals surface area contributed by atoms with E-state index < -0.39 is 35.8 Å². The van der Waals surface area contributed by atoms with Crippen molar-refractivity contribution < 1.29 is 37.3 Å². The Bertz CT molecular complexity index is 1180. The van der Waals surface area contributed by atoms with Crippen LogP contribution in [-0.2, 0) is 14.3 Å². The van der Waals surface area contributed by atoms with Gasteiger partial charge in [0, 0.05) is 28.8 Å². The number of amides is 1. The molecule has 1 aromatic carbocycles. The van der Waals surface area contributed by atoms with Crippen molar-refractivity contribution in [1.29, 1.82) is 0 Å². The lowest BCUT2D eigenvalue weighted by atomic mass is 9.99. The van der Waals surface area contributed by atoms with Gasteiger partial charge in [-0.15, -0.1) is 11.8 Å². The number of carbonyl (C=O) groups excluding carboxylic acids is 2. The predicted molar refractivity (Wildman–Crippen MR) is 157 cm³/mol. The van der Waals surface area contributed by atoms with E-state index in [1.165, 1.54) is 40.9 Å². The van der Waals surface area contributed by atoms with Crippen molar-refractivity contribution in [2.75, 3.05) is 18.9 Å².